The molecule has 1 fully saturated rings. The molecule has 4 heterocycles. The SMILES string of the molecule is Cn1ccnc1Sc1ccc(Nc2c(C#N)cnc3cc(-c4ccc(N5CCC(CCO)CC5)nc4)ccc23)cc1Cl. The van der Waals surface area contributed by atoms with E-state index in [0.717, 1.165) is 75.9 Å². The number of aliphatic hydroxyl groups is 1. The molecule has 10 heteroatoms. The fourth-order valence-corrected chi connectivity index (χ4v) is 6.43. The number of aromatic nitrogens is 4. The molecule has 0 aliphatic carbocycles. The molecule has 0 amide bonds. The molecule has 1 saturated heterocycles. The molecule has 0 saturated carbocycles. The van der Waals surface area contributed by atoms with E-state index in [1.165, 1.54) is 11.8 Å². The molecular formula is C32H30ClN7OS. The fraction of sp³-hybridized carbons (Fsp3) is 0.250. The smallest absolute Gasteiger partial charge is 0.172 e. The third kappa shape index (κ3) is 5.93. The summed E-state index contributed by atoms with van der Waals surface area (Å²) in [6.07, 6.45) is 10.2. The van der Waals surface area contributed by atoms with Crippen LogP contribution in [0.3, 0.4) is 0 Å². The van der Waals surface area contributed by atoms with Crippen LogP contribution in [0.2, 0.25) is 5.02 Å². The van der Waals surface area contributed by atoms with Crippen LogP contribution in [0.4, 0.5) is 17.2 Å². The van der Waals surface area contributed by atoms with Crippen LogP contribution < -0.4 is 10.2 Å². The van der Waals surface area contributed by atoms with Crippen LogP contribution in [-0.2, 0) is 7.05 Å². The Morgan fingerprint density at radius 1 is 1.05 bits per heavy atom. The van der Waals surface area contributed by atoms with Crippen molar-refractivity contribution in [2.45, 2.75) is 29.3 Å². The van der Waals surface area contributed by atoms with E-state index in [2.05, 4.69) is 38.4 Å². The van der Waals surface area contributed by atoms with Gasteiger partial charge < -0.3 is 19.9 Å². The highest BCUT2D eigenvalue weighted by atomic mass is 35.5. The summed E-state index contributed by atoms with van der Waals surface area (Å²) in [7, 11) is 1.94. The zero-order valence-corrected chi connectivity index (χ0v) is 24.7. The monoisotopic (exact) mass is 595 g/mol. The number of benzene rings is 2. The molecule has 42 heavy (non-hydrogen) atoms. The van der Waals surface area contributed by atoms with Gasteiger partial charge in [0.2, 0.25) is 0 Å². The number of hydrogen-bond donors (Lipinski definition) is 2. The summed E-state index contributed by atoms with van der Waals surface area (Å²) < 4.78 is 1.94. The number of piperidine rings is 1. The molecule has 1 aliphatic heterocycles. The first-order valence-corrected chi connectivity index (χ1v) is 15.1. The van der Waals surface area contributed by atoms with Crippen LogP contribution in [0.25, 0.3) is 22.0 Å². The normalized spacial score (nSPS) is 13.8. The second kappa shape index (κ2) is 12.4. The molecule has 0 bridgehead atoms. The Balaban J connectivity index is 1.22. The highest BCUT2D eigenvalue weighted by Crippen LogP contribution is 2.37. The zero-order valence-electron chi connectivity index (χ0n) is 23.2. The summed E-state index contributed by atoms with van der Waals surface area (Å²) in [6, 6.07) is 18.2. The topological polar surface area (TPSA) is 103 Å². The standard InChI is InChI=1S/C32H30ClN7OS/c1-39-14-11-35-32(39)42-29-6-4-25(17-27(29)33)38-31-24(18-34)20-36-28-16-22(2-5-26(28)31)23-3-7-30(37-19-23)40-12-8-21(9-13-40)10-15-41/h2-7,11,14,16-17,19-21,41H,8-10,12-13,15H2,1H3,(H,36,38). The van der Waals surface area contributed by atoms with Gasteiger partial charge in [0.1, 0.15) is 11.9 Å². The number of aliphatic hydroxyl groups excluding tert-OH is 1. The number of anilines is 3. The van der Waals surface area contributed by atoms with Crippen molar-refractivity contribution in [1.82, 2.24) is 19.5 Å². The minimum absolute atomic E-state index is 0.265. The molecule has 0 atom stereocenters. The van der Waals surface area contributed by atoms with E-state index in [1.807, 2.05) is 60.4 Å². The van der Waals surface area contributed by atoms with Crippen molar-refractivity contribution in [3.63, 3.8) is 0 Å². The second-order valence-electron chi connectivity index (χ2n) is 10.4. The van der Waals surface area contributed by atoms with Gasteiger partial charge in [-0.1, -0.05) is 35.5 Å². The number of halogens is 1. The molecule has 212 valence electrons. The fourth-order valence-electron chi connectivity index (χ4n) is 5.32. The Morgan fingerprint density at radius 2 is 1.88 bits per heavy atom. The van der Waals surface area contributed by atoms with Crippen molar-refractivity contribution >= 4 is 51.5 Å². The summed E-state index contributed by atoms with van der Waals surface area (Å²) in [6.45, 7) is 2.19. The molecule has 6 rings (SSSR count). The minimum atomic E-state index is 0.265. The van der Waals surface area contributed by atoms with E-state index in [1.54, 1.807) is 12.4 Å². The van der Waals surface area contributed by atoms with Gasteiger partial charge in [-0.15, -0.1) is 0 Å². The molecule has 2 aromatic carbocycles. The van der Waals surface area contributed by atoms with Crippen molar-refractivity contribution in [3.05, 3.63) is 83.9 Å². The molecule has 0 unspecified atom stereocenters. The summed E-state index contributed by atoms with van der Waals surface area (Å²) in [4.78, 5) is 16.9. The lowest BCUT2D eigenvalue weighted by Crippen LogP contribution is -2.34. The van der Waals surface area contributed by atoms with Crippen molar-refractivity contribution < 1.29 is 5.11 Å². The maximum atomic E-state index is 9.84. The maximum absolute atomic E-state index is 9.84. The first kappa shape index (κ1) is 28.0. The number of imidazole rings is 1. The van der Waals surface area contributed by atoms with Crippen molar-refractivity contribution in [2.75, 3.05) is 29.9 Å². The number of nitrogens with one attached hydrogen (secondary N) is 1. The Morgan fingerprint density at radius 3 is 2.57 bits per heavy atom. The van der Waals surface area contributed by atoms with E-state index in [9.17, 15) is 10.4 Å². The Labute approximate surface area is 254 Å². The lowest BCUT2D eigenvalue weighted by molar-refractivity contribution is 0.240. The van der Waals surface area contributed by atoms with Gasteiger partial charge in [-0.25, -0.2) is 9.97 Å². The maximum Gasteiger partial charge on any atom is 0.172 e. The second-order valence-corrected chi connectivity index (χ2v) is 11.8. The Kier molecular flexibility index (Phi) is 8.29. The van der Waals surface area contributed by atoms with E-state index in [0.29, 0.717) is 22.2 Å². The quantitative estimate of drug-likeness (QED) is 0.197. The first-order valence-electron chi connectivity index (χ1n) is 13.9. The average molecular weight is 596 g/mol. The molecule has 1 aliphatic rings. The zero-order chi connectivity index (χ0) is 29.1. The number of fused-ring (bicyclic) bond motifs is 1. The number of pyridine rings is 2. The molecular weight excluding hydrogens is 566 g/mol. The Bertz CT molecular complexity index is 1760. The molecule has 5 aromatic rings. The van der Waals surface area contributed by atoms with E-state index in [4.69, 9.17) is 16.6 Å². The van der Waals surface area contributed by atoms with Gasteiger partial charge in [0.05, 0.1) is 21.8 Å². The molecule has 0 radical (unpaired) electrons. The lowest BCUT2D eigenvalue weighted by Gasteiger charge is -2.32. The van der Waals surface area contributed by atoms with Crippen molar-refractivity contribution in [3.8, 4) is 17.2 Å². The average Bonchev–Trinajstić information content (AvgIpc) is 3.43. The first-order chi connectivity index (χ1) is 20.5. The number of rotatable bonds is 8. The summed E-state index contributed by atoms with van der Waals surface area (Å²) in [5.41, 5.74) is 4.70. The van der Waals surface area contributed by atoms with Crippen LogP contribution in [0, 0.1) is 17.2 Å². The highest BCUT2D eigenvalue weighted by Gasteiger charge is 2.20. The van der Waals surface area contributed by atoms with Crippen molar-refractivity contribution in [2.24, 2.45) is 13.0 Å². The largest absolute Gasteiger partial charge is 0.396 e. The third-order valence-corrected chi connectivity index (χ3v) is 9.30. The van der Waals surface area contributed by atoms with Crippen LogP contribution in [0.15, 0.2) is 83.4 Å². The van der Waals surface area contributed by atoms with Crippen LogP contribution >= 0.6 is 23.4 Å². The van der Waals surface area contributed by atoms with Gasteiger partial charge in [-0.3, -0.25) is 4.98 Å². The van der Waals surface area contributed by atoms with E-state index < -0.39 is 0 Å². The van der Waals surface area contributed by atoms with Crippen molar-refractivity contribution in [1.29, 1.82) is 5.26 Å². The summed E-state index contributed by atoms with van der Waals surface area (Å²) >= 11 is 8.13. The van der Waals surface area contributed by atoms with Gasteiger partial charge in [-0.05, 0) is 67.1 Å². The van der Waals surface area contributed by atoms with Gasteiger partial charge in [-0.2, -0.15) is 5.26 Å². The summed E-state index contributed by atoms with van der Waals surface area (Å²) in [5, 5.41) is 24.8. The van der Waals surface area contributed by atoms with Gasteiger partial charge in [0.15, 0.2) is 5.16 Å². The number of aryl methyl sites for hydroxylation is 1. The lowest BCUT2D eigenvalue weighted by atomic mass is 9.94. The predicted octanol–water partition coefficient (Wildman–Crippen LogP) is 7.05. The highest BCUT2D eigenvalue weighted by molar-refractivity contribution is 7.99. The number of hydrogen-bond acceptors (Lipinski definition) is 8. The van der Waals surface area contributed by atoms with Crippen LogP contribution in [0.1, 0.15) is 24.8 Å². The minimum Gasteiger partial charge on any atom is -0.396 e. The predicted molar refractivity (Wildman–Crippen MR) is 168 cm³/mol. The van der Waals surface area contributed by atoms with Gasteiger partial charge in [0.25, 0.3) is 0 Å². The van der Waals surface area contributed by atoms with Gasteiger partial charge in [0, 0.05) is 73.1 Å². The molecule has 2 N–H and O–H groups in total. The summed E-state index contributed by atoms with van der Waals surface area (Å²) in [5.74, 6) is 1.58. The van der Waals surface area contributed by atoms with Crippen LogP contribution in [0.5, 0.6) is 0 Å². The molecule has 8 nitrogen and oxygen atoms in total. The number of nitriles is 1. The van der Waals surface area contributed by atoms with Crippen LogP contribution in [-0.4, -0.2) is 44.3 Å². The van der Waals surface area contributed by atoms with Gasteiger partial charge >= 0.3 is 0 Å². The van der Waals surface area contributed by atoms with E-state index >= 15 is 0 Å². The van der Waals surface area contributed by atoms with E-state index in [-0.39, 0.29) is 6.61 Å². The Hall–Kier alpha value is -4.10. The third-order valence-electron chi connectivity index (χ3n) is 7.73. The molecule has 0 spiro atoms. The number of nitrogens with zero attached hydrogens (tertiary/aromatic N) is 6. The molecule has 3 aromatic heterocycles.